The van der Waals surface area contributed by atoms with Crippen LogP contribution in [0.5, 0.6) is 0 Å². The molecule has 1 saturated carbocycles. The molecule has 5 nitrogen and oxygen atoms in total. The Morgan fingerprint density at radius 1 is 1.19 bits per heavy atom. The van der Waals surface area contributed by atoms with E-state index < -0.39 is 11.1 Å². The quantitative estimate of drug-likeness (QED) is 0.605. The van der Waals surface area contributed by atoms with Gasteiger partial charge in [0, 0.05) is 0 Å². The van der Waals surface area contributed by atoms with Crippen LogP contribution >= 0.6 is 0 Å². The van der Waals surface area contributed by atoms with Crippen molar-refractivity contribution < 1.29 is 14.7 Å². The van der Waals surface area contributed by atoms with Gasteiger partial charge in [0.15, 0.2) is 0 Å². The maximum atomic E-state index is 12.6. The van der Waals surface area contributed by atoms with Crippen molar-refractivity contribution in [1.29, 1.82) is 0 Å². The fraction of sp³-hybridized carbons (Fsp3) is 0.875. The Balaban J connectivity index is 2.06. The highest BCUT2D eigenvalue weighted by molar-refractivity contribution is 6.06. The van der Waals surface area contributed by atoms with Crippen LogP contribution in [0, 0.1) is 0 Å². The molecular weight excluding hydrogens is 268 g/mol. The minimum Gasteiger partial charge on any atom is -0.388 e. The summed E-state index contributed by atoms with van der Waals surface area (Å²) in [6.45, 7) is 4.00. The summed E-state index contributed by atoms with van der Waals surface area (Å²) in [4.78, 5) is 26.0. The second-order valence-electron chi connectivity index (χ2n) is 6.90. The van der Waals surface area contributed by atoms with Gasteiger partial charge in [-0.05, 0) is 26.2 Å². The smallest absolute Gasteiger partial charge is 0.325 e. The number of β-amino-alcohol motifs (C(OH)–C–C–N with tert-alkyl or cyclic N) is 1. The number of unbranched alkanes of at least 4 members (excludes halogenated alkanes) is 1. The van der Waals surface area contributed by atoms with Crippen molar-refractivity contribution in [2.45, 2.75) is 82.8 Å². The first kappa shape index (κ1) is 16.3. The predicted octanol–water partition coefficient (Wildman–Crippen LogP) is 2.57. The number of urea groups is 1. The van der Waals surface area contributed by atoms with Crippen LogP contribution < -0.4 is 5.32 Å². The van der Waals surface area contributed by atoms with Gasteiger partial charge in [-0.15, -0.1) is 0 Å². The Morgan fingerprint density at radius 2 is 1.81 bits per heavy atom. The van der Waals surface area contributed by atoms with E-state index in [1.54, 1.807) is 6.92 Å². The summed E-state index contributed by atoms with van der Waals surface area (Å²) in [5.74, 6) is -0.182. The molecule has 2 aliphatic rings. The van der Waals surface area contributed by atoms with Crippen LogP contribution in [0.4, 0.5) is 4.79 Å². The third-order valence-corrected chi connectivity index (χ3v) is 4.86. The Labute approximate surface area is 127 Å². The summed E-state index contributed by atoms with van der Waals surface area (Å²) in [5, 5.41) is 13.5. The summed E-state index contributed by atoms with van der Waals surface area (Å²) in [7, 11) is 0. The molecule has 1 saturated heterocycles. The van der Waals surface area contributed by atoms with E-state index in [4.69, 9.17) is 0 Å². The molecule has 2 rings (SSSR count). The maximum Gasteiger partial charge on any atom is 0.325 e. The number of hydrogen-bond donors (Lipinski definition) is 2. The van der Waals surface area contributed by atoms with Gasteiger partial charge in [-0.3, -0.25) is 9.69 Å². The molecule has 21 heavy (non-hydrogen) atoms. The van der Waals surface area contributed by atoms with Crippen LogP contribution in [-0.2, 0) is 4.79 Å². The van der Waals surface area contributed by atoms with Gasteiger partial charge in [0.1, 0.15) is 5.54 Å². The zero-order valence-electron chi connectivity index (χ0n) is 13.3. The molecule has 0 aromatic heterocycles. The Bertz CT molecular complexity index is 402. The van der Waals surface area contributed by atoms with Crippen LogP contribution in [0.25, 0.3) is 0 Å². The second-order valence-corrected chi connectivity index (χ2v) is 6.90. The molecule has 0 radical (unpaired) electrons. The van der Waals surface area contributed by atoms with Gasteiger partial charge in [-0.1, -0.05) is 45.4 Å². The molecule has 5 heteroatoms. The lowest BCUT2D eigenvalue weighted by Gasteiger charge is -2.30. The minimum atomic E-state index is -0.903. The second kappa shape index (κ2) is 6.34. The largest absolute Gasteiger partial charge is 0.388 e. The van der Waals surface area contributed by atoms with Crippen molar-refractivity contribution in [3.05, 3.63) is 0 Å². The van der Waals surface area contributed by atoms with E-state index in [0.29, 0.717) is 19.3 Å². The topological polar surface area (TPSA) is 69.6 Å². The Hall–Kier alpha value is -1.10. The molecule has 0 aromatic carbocycles. The van der Waals surface area contributed by atoms with Crippen molar-refractivity contribution in [3.63, 3.8) is 0 Å². The van der Waals surface area contributed by atoms with Crippen molar-refractivity contribution in [2.75, 3.05) is 6.54 Å². The Kier molecular flexibility index (Phi) is 4.91. The number of imide groups is 1. The van der Waals surface area contributed by atoms with E-state index in [2.05, 4.69) is 12.2 Å². The molecule has 0 spiro atoms. The predicted molar refractivity (Wildman–Crippen MR) is 80.8 cm³/mol. The molecule has 2 fully saturated rings. The van der Waals surface area contributed by atoms with Gasteiger partial charge in [-0.25, -0.2) is 4.79 Å². The fourth-order valence-corrected chi connectivity index (χ4v) is 3.43. The highest BCUT2D eigenvalue weighted by Gasteiger charge is 2.49. The van der Waals surface area contributed by atoms with Crippen LogP contribution in [-0.4, -0.2) is 39.6 Å². The van der Waals surface area contributed by atoms with E-state index in [9.17, 15) is 14.7 Å². The summed E-state index contributed by atoms with van der Waals surface area (Å²) < 4.78 is 0. The third kappa shape index (κ3) is 3.57. The van der Waals surface area contributed by atoms with Crippen molar-refractivity contribution >= 4 is 11.9 Å². The standard InChI is InChI=1S/C16H28N2O3/c1-3-4-9-15(2)13(19)18(14(20)17-15)12-16(21)10-7-5-6-8-11-16/h21H,3-12H2,1-2H3,(H,17,20). The van der Waals surface area contributed by atoms with Gasteiger partial charge in [0.05, 0.1) is 12.1 Å². The number of nitrogens with zero attached hydrogens (tertiary/aromatic N) is 1. The lowest BCUT2D eigenvalue weighted by atomic mass is 9.92. The molecule has 1 aliphatic carbocycles. The maximum absolute atomic E-state index is 12.6. The fourth-order valence-electron chi connectivity index (χ4n) is 3.43. The molecule has 0 bridgehead atoms. The van der Waals surface area contributed by atoms with Gasteiger partial charge in [-0.2, -0.15) is 0 Å². The zero-order chi connectivity index (χ0) is 15.5. The number of carbonyl (C=O) groups is 2. The number of hydrogen-bond acceptors (Lipinski definition) is 3. The lowest BCUT2D eigenvalue weighted by molar-refractivity contribution is -0.133. The minimum absolute atomic E-state index is 0.138. The van der Waals surface area contributed by atoms with E-state index in [1.165, 1.54) is 4.90 Å². The molecular formula is C16H28N2O3. The number of amides is 3. The van der Waals surface area contributed by atoms with Gasteiger partial charge >= 0.3 is 6.03 Å². The first-order valence-corrected chi connectivity index (χ1v) is 8.27. The van der Waals surface area contributed by atoms with Crippen LogP contribution in [0.3, 0.4) is 0 Å². The number of rotatable bonds is 5. The van der Waals surface area contributed by atoms with Crippen molar-refractivity contribution in [3.8, 4) is 0 Å². The van der Waals surface area contributed by atoms with Crippen LogP contribution in [0.2, 0.25) is 0 Å². The molecule has 1 atom stereocenters. The summed E-state index contributed by atoms with van der Waals surface area (Å²) in [5.41, 5.74) is -1.70. The van der Waals surface area contributed by atoms with Crippen LogP contribution in [0.1, 0.15) is 71.6 Å². The van der Waals surface area contributed by atoms with Crippen molar-refractivity contribution in [2.24, 2.45) is 0 Å². The highest BCUT2D eigenvalue weighted by atomic mass is 16.3. The average Bonchev–Trinajstić information content (AvgIpc) is 2.62. The normalized spacial score (nSPS) is 29.4. The van der Waals surface area contributed by atoms with Gasteiger partial charge < -0.3 is 10.4 Å². The summed E-state index contributed by atoms with van der Waals surface area (Å²) in [6.07, 6.45) is 8.08. The number of carbonyl (C=O) groups excluding carboxylic acids is 2. The van der Waals surface area contributed by atoms with Gasteiger partial charge in [0.2, 0.25) is 0 Å². The molecule has 3 amide bonds. The molecule has 2 N–H and O–H groups in total. The molecule has 1 aliphatic heterocycles. The summed E-state index contributed by atoms with van der Waals surface area (Å²) in [6, 6.07) is -0.351. The van der Waals surface area contributed by atoms with E-state index >= 15 is 0 Å². The summed E-state index contributed by atoms with van der Waals surface area (Å²) >= 11 is 0. The first-order valence-electron chi connectivity index (χ1n) is 8.27. The third-order valence-electron chi connectivity index (χ3n) is 4.86. The molecule has 0 aromatic rings. The van der Waals surface area contributed by atoms with Crippen molar-refractivity contribution in [1.82, 2.24) is 10.2 Å². The zero-order valence-corrected chi connectivity index (χ0v) is 13.3. The average molecular weight is 296 g/mol. The molecule has 1 heterocycles. The van der Waals surface area contributed by atoms with Crippen LogP contribution in [0.15, 0.2) is 0 Å². The lowest BCUT2D eigenvalue weighted by Crippen LogP contribution is -2.47. The van der Waals surface area contributed by atoms with E-state index in [0.717, 1.165) is 38.5 Å². The monoisotopic (exact) mass is 296 g/mol. The Morgan fingerprint density at radius 3 is 2.38 bits per heavy atom. The first-order chi connectivity index (χ1) is 9.90. The molecule has 120 valence electrons. The SMILES string of the molecule is CCCCC1(C)NC(=O)N(CC2(O)CCCCCC2)C1=O. The van der Waals surface area contributed by atoms with Gasteiger partial charge in [0.25, 0.3) is 5.91 Å². The molecule has 1 unspecified atom stereocenters. The number of aliphatic hydroxyl groups is 1. The highest BCUT2D eigenvalue weighted by Crippen LogP contribution is 2.31. The van der Waals surface area contributed by atoms with E-state index in [1.807, 2.05) is 0 Å². The number of nitrogens with one attached hydrogen (secondary N) is 1. The van der Waals surface area contributed by atoms with E-state index in [-0.39, 0.29) is 18.5 Å².